The topological polar surface area (TPSA) is 80.6 Å². The molecule has 1 aliphatic rings. The number of halogens is 1. The number of aryl methyl sites for hydroxylation is 2. The molecule has 0 spiro atoms. The van der Waals surface area contributed by atoms with Crippen molar-refractivity contribution in [2.24, 2.45) is 13.0 Å². The molecule has 2 aromatic carbocycles. The molecule has 3 heterocycles. The molecule has 5 rings (SSSR count). The van der Waals surface area contributed by atoms with E-state index in [1.165, 1.54) is 11.9 Å². The van der Waals surface area contributed by atoms with Crippen LogP contribution in [0.25, 0.3) is 11.3 Å². The van der Waals surface area contributed by atoms with Crippen LogP contribution in [0.5, 0.6) is 17.4 Å². The van der Waals surface area contributed by atoms with Crippen LogP contribution in [-0.4, -0.2) is 64.5 Å². The van der Waals surface area contributed by atoms with Crippen molar-refractivity contribution in [2.75, 3.05) is 49.5 Å². The summed E-state index contributed by atoms with van der Waals surface area (Å²) in [4.78, 5) is 15.6. The van der Waals surface area contributed by atoms with Crippen molar-refractivity contribution in [3.63, 3.8) is 0 Å². The minimum Gasteiger partial charge on any atom is -0.493 e. The second-order valence-corrected chi connectivity index (χ2v) is 13.2. The van der Waals surface area contributed by atoms with Gasteiger partial charge in [-0.2, -0.15) is 10.1 Å². The zero-order valence-corrected chi connectivity index (χ0v) is 28.9. The number of anilines is 2. The summed E-state index contributed by atoms with van der Waals surface area (Å²) in [5, 5.41) is 4.86. The van der Waals surface area contributed by atoms with Gasteiger partial charge >= 0.3 is 0 Å². The van der Waals surface area contributed by atoms with E-state index in [4.69, 9.17) is 31.0 Å². The van der Waals surface area contributed by atoms with Gasteiger partial charge in [0.25, 0.3) is 0 Å². The average Bonchev–Trinajstić information content (AvgIpc) is 3.43. The molecule has 0 amide bonds. The largest absolute Gasteiger partial charge is 0.493 e. The van der Waals surface area contributed by atoms with E-state index < -0.39 is 0 Å². The van der Waals surface area contributed by atoms with E-state index >= 15 is 0 Å². The first-order valence-corrected chi connectivity index (χ1v) is 16.8. The van der Waals surface area contributed by atoms with Gasteiger partial charge in [0.05, 0.1) is 29.1 Å². The maximum absolute atomic E-state index is 7.04. The summed E-state index contributed by atoms with van der Waals surface area (Å²) in [7, 11) is 4.04. The van der Waals surface area contributed by atoms with Gasteiger partial charge in [-0.25, -0.2) is 4.98 Å². The zero-order valence-electron chi connectivity index (χ0n) is 27.4. The molecule has 0 radical (unpaired) electrons. The predicted molar refractivity (Wildman–Crippen MR) is 185 cm³/mol. The van der Waals surface area contributed by atoms with Gasteiger partial charge in [-0.1, -0.05) is 44.5 Å². The number of hydrogen-bond acceptors (Lipinski definition) is 9. The van der Waals surface area contributed by atoms with Gasteiger partial charge in [0.1, 0.15) is 16.5 Å². The van der Waals surface area contributed by atoms with E-state index in [0.717, 1.165) is 76.9 Å². The third kappa shape index (κ3) is 7.85. The Labute approximate surface area is 276 Å². The molecule has 1 fully saturated rings. The number of rotatable bonds is 12. The summed E-state index contributed by atoms with van der Waals surface area (Å²) in [6, 6.07) is 10.1. The van der Waals surface area contributed by atoms with Crippen LogP contribution in [0, 0.1) is 19.8 Å². The van der Waals surface area contributed by atoms with Crippen molar-refractivity contribution in [1.29, 1.82) is 0 Å². The highest BCUT2D eigenvalue weighted by molar-refractivity contribution is 8.00. The Morgan fingerprint density at radius 2 is 1.80 bits per heavy atom. The van der Waals surface area contributed by atoms with Crippen LogP contribution in [-0.2, 0) is 13.5 Å². The van der Waals surface area contributed by atoms with Crippen LogP contribution < -0.4 is 19.1 Å². The normalized spacial score (nSPS) is 13.8. The quantitative estimate of drug-likeness (QED) is 0.155. The van der Waals surface area contributed by atoms with Crippen molar-refractivity contribution < 1.29 is 9.47 Å². The number of likely N-dealkylation sites (N-methyl/N-ethyl adjacent to an activating group) is 1. The van der Waals surface area contributed by atoms with E-state index in [2.05, 4.69) is 79.5 Å². The second-order valence-electron chi connectivity index (χ2n) is 12.0. The summed E-state index contributed by atoms with van der Waals surface area (Å²) < 4.78 is 18.0. The molecule has 0 aliphatic carbocycles. The van der Waals surface area contributed by atoms with Gasteiger partial charge in [-0.3, -0.25) is 9.40 Å². The number of nitrogens with zero attached hydrogens (tertiary/aromatic N) is 6. The molecule has 0 atom stereocenters. The number of benzene rings is 2. The number of aromatic nitrogens is 4. The molecule has 11 heteroatoms. The number of ether oxygens (including phenoxy) is 2. The molecular formula is C34H44ClN7O2S. The fourth-order valence-corrected chi connectivity index (χ4v) is 6.29. The zero-order chi connectivity index (χ0) is 32.1. The predicted octanol–water partition coefficient (Wildman–Crippen LogP) is 7.80. The summed E-state index contributed by atoms with van der Waals surface area (Å²) in [5.41, 5.74) is 5.85. The third-order valence-corrected chi connectivity index (χ3v) is 9.18. The van der Waals surface area contributed by atoms with E-state index in [1.54, 1.807) is 10.9 Å². The Hall–Kier alpha value is -3.47. The van der Waals surface area contributed by atoms with Crippen LogP contribution in [0.2, 0.25) is 5.02 Å². The van der Waals surface area contributed by atoms with E-state index in [0.29, 0.717) is 41.5 Å². The monoisotopic (exact) mass is 649 g/mol. The van der Waals surface area contributed by atoms with Gasteiger partial charge < -0.3 is 19.3 Å². The minimum atomic E-state index is 0.433. The Morgan fingerprint density at radius 3 is 2.49 bits per heavy atom. The van der Waals surface area contributed by atoms with E-state index in [9.17, 15) is 0 Å². The van der Waals surface area contributed by atoms with Crippen molar-refractivity contribution in [2.45, 2.75) is 52.4 Å². The van der Waals surface area contributed by atoms with Crippen LogP contribution in [0.1, 0.15) is 43.9 Å². The lowest BCUT2D eigenvalue weighted by Gasteiger charge is -2.34. The summed E-state index contributed by atoms with van der Waals surface area (Å²) >= 11 is 8.44. The highest BCUT2D eigenvalue weighted by Gasteiger charge is 2.24. The molecule has 0 unspecified atom stereocenters. The lowest BCUT2D eigenvalue weighted by molar-refractivity contribution is 0.288. The Balaban J connectivity index is 1.56. The van der Waals surface area contributed by atoms with Crippen molar-refractivity contribution in [3.8, 4) is 28.6 Å². The number of hydrogen-bond donors (Lipinski definition) is 1. The molecule has 240 valence electrons. The first-order chi connectivity index (χ1) is 21.6. The SMILES string of the molecule is CCc1c(Oc2cccc(N3CCN(C)CC3)c2Cl)nc(NSc2cnn(C)c2)nc1-c1c(C)ccc(OCCC(C)C)c1C. The van der Waals surface area contributed by atoms with Crippen LogP contribution in [0.4, 0.5) is 11.6 Å². The van der Waals surface area contributed by atoms with Crippen LogP contribution in [0.15, 0.2) is 47.6 Å². The van der Waals surface area contributed by atoms with E-state index in [1.807, 2.05) is 25.4 Å². The van der Waals surface area contributed by atoms with Gasteiger partial charge in [0, 0.05) is 56.1 Å². The van der Waals surface area contributed by atoms with Crippen LogP contribution in [0.3, 0.4) is 0 Å². The number of piperazine rings is 1. The van der Waals surface area contributed by atoms with E-state index in [-0.39, 0.29) is 0 Å². The fourth-order valence-electron chi connectivity index (χ4n) is 5.40. The standard InChI is InChI=1S/C34H44ClN7O2S/c1-8-26-32(30-23(4)12-13-28(24(30)5)43-19-14-22(2)3)37-34(39-45-25-20-36-41(7)21-25)38-33(26)44-29-11-9-10-27(31(29)35)42-17-15-40(6)16-18-42/h9-13,20-22H,8,14-19H2,1-7H3,(H,37,38,39). The van der Waals surface area contributed by atoms with Gasteiger partial charge in [0.15, 0.2) is 0 Å². The molecule has 2 aromatic heterocycles. The lowest BCUT2D eigenvalue weighted by atomic mass is 9.95. The summed E-state index contributed by atoms with van der Waals surface area (Å²) in [5.74, 6) is 2.90. The van der Waals surface area contributed by atoms with Gasteiger partial charge in [-0.05, 0) is 75.4 Å². The van der Waals surface area contributed by atoms with Gasteiger partial charge in [0.2, 0.25) is 11.8 Å². The molecular weight excluding hydrogens is 606 g/mol. The molecule has 1 N–H and O–H groups in total. The lowest BCUT2D eigenvalue weighted by Crippen LogP contribution is -2.44. The maximum Gasteiger partial charge on any atom is 0.237 e. The Bertz CT molecular complexity index is 1620. The summed E-state index contributed by atoms with van der Waals surface area (Å²) in [6.45, 7) is 15.2. The smallest absolute Gasteiger partial charge is 0.237 e. The molecule has 0 bridgehead atoms. The number of nitrogens with one attached hydrogen (secondary N) is 1. The third-order valence-electron chi connectivity index (χ3n) is 8.07. The summed E-state index contributed by atoms with van der Waals surface area (Å²) in [6.07, 6.45) is 5.38. The first kappa shape index (κ1) is 32.9. The first-order valence-electron chi connectivity index (χ1n) is 15.6. The van der Waals surface area contributed by atoms with Crippen molar-refractivity contribution in [3.05, 3.63) is 64.4 Å². The molecule has 9 nitrogen and oxygen atoms in total. The fraction of sp³-hybridized carbons (Fsp3) is 0.441. The average molecular weight is 650 g/mol. The molecule has 1 aliphatic heterocycles. The van der Waals surface area contributed by atoms with Crippen LogP contribution >= 0.6 is 23.5 Å². The van der Waals surface area contributed by atoms with Crippen molar-refractivity contribution >= 4 is 35.2 Å². The minimum absolute atomic E-state index is 0.433. The second kappa shape index (κ2) is 14.7. The maximum atomic E-state index is 7.04. The molecule has 1 saturated heterocycles. The highest BCUT2D eigenvalue weighted by Crippen LogP contribution is 2.42. The molecule has 45 heavy (non-hydrogen) atoms. The van der Waals surface area contributed by atoms with Gasteiger partial charge in [-0.15, -0.1) is 0 Å². The Morgan fingerprint density at radius 1 is 1.02 bits per heavy atom. The molecule has 0 saturated carbocycles. The van der Waals surface area contributed by atoms with Crippen molar-refractivity contribution in [1.82, 2.24) is 24.6 Å². The highest BCUT2D eigenvalue weighted by atomic mass is 35.5. The Kier molecular flexibility index (Phi) is 10.8. The molecule has 4 aromatic rings.